The molecule has 0 saturated carbocycles. The molecule has 0 fully saturated rings. The van der Waals surface area contributed by atoms with Crippen LogP contribution in [-0.4, -0.2) is 15.8 Å². The van der Waals surface area contributed by atoms with E-state index in [4.69, 9.17) is 15.9 Å². The first kappa shape index (κ1) is 8.69. The standard InChI is InChI=1S/C8H4N4O/c9-3-6(11)5-1-2-12-7(4-10)8(5)13/h1-2,11,13H. The van der Waals surface area contributed by atoms with Gasteiger partial charge in [0.05, 0.1) is 5.56 Å². The van der Waals surface area contributed by atoms with Gasteiger partial charge in [0.2, 0.25) is 0 Å². The Morgan fingerprint density at radius 1 is 1.54 bits per heavy atom. The molecule has 0 spiro atoms. The smallest absolute Gasteiger partial charge is 0.183 e. The average Bonchev–Trinajstić information content (AvgIpc) is 2.17. The van der Waals surface area contributed by atoms with E-state index in [1.54, 1.807) is 12.1 Å². The van der Waals surface area contributed by atoms with Crippen LogP contribution in [0.25, 0.3) is 0 Å². The molecule has 0 aromatic carbocycles. The van der Waals surface area contributed by atoms with Gasteiger partial charge in [0.1, 0.15) is 17.9 Å². The highest BCUT2D eigenvalue weighted by atomic mass is 16.3. The Bertz CT molecular complexity index is 438. The minimum atomic E-state index is -0.420. The first-order chi connectivity index (χ1) is 6.20. The summed E-state index contributed by atoms with van der Waals surface area (Å²) in [5, 5.41) is 33.3. The molecule has 0 atom stereocenters. The van der Waals surface area contributed by atoms with E-state index in [1.165, 1.54) is 12.3 Å². The SMILES string of the molecule is N#CC(=N)c1ccnc(C#N)c1O. The highest BCUT2D eigenvalue weighted by Gasteiger charge is 2.11. The Labute approximate surface area is 74.0 Å². The number of nitrogens with zero attached hydrogens (tertiary/aromatic N) is 3. The number of pyridine rings is 1. The van der Waals surface area contributed by atoms with E-state index >= 15 is 0 Å². The molecule has 0 saturated heterocycles. The maximum atomic E-state index is 9.31. The van der Waals surface area contributed by atoms with Crippen LogP contribution in [0, 0.1) is 28.1 Å². The number of aromatic hydroxyl groups is 1. The van der Waals surface area contributed by atoms with Gasteiger partial charge in [-0.1, -0.05) is 0 Å². The van der Waals surface area contributed by atoms with Crippen LogP contribution in [0.1, 0.15) is 11.3 Å². The predicted octanol–water partition coefficient (Wildman–Crippen LogP) is 0.550. The zero-order valence-corrected chi connectivity index (χ0v) is 6.44. The Morgan fingerprint density at radius 2 is 2.23 bits per heavy atom. The Hall–Kier alpha value is -2.40. The van der Waals surface area contributed by atoms with Crippen LogP contribution >= 0.6 is 0 Å². The molecule has 0 aliphatic carbocycles. The van der Waals surface area contributed by atoms with Crippen LogP contribution in [0.15, 0.2) is 12.3 Å². The summed E-state index contributed by atoms with van der Waals surface area (Å²) in [7, 11) is 0. The van der Waals surface area contributed by atoms with Crippen molar-refractivity contribution in [3.05, 3.63) is 23.5 Å². The number of rotatable bonds is 1. The Balaban J connectivity index is 3.36. The van der Waals surface area contributed by atoms with Crippen LogP contribution in [-0.2, 0) is 0 Å². The van der Waals surface area contributed by atoms with E-state index in [9.17, 15) is 5.11 Å². The molecule has 1 aromatic heterocycles. The molecule has 13 heavy (non-hydrogen) atoms. The molecule has 1 aromatic rings. The topological polar surface area (TPSA) is 105 Å². The van der Waals surface area contributed by atoms with Crippen LogP contribution < -0.4 is 0 Å². The Kier molecular flexibility index (Phi) is 2.23. The maximum absolute atomic E-state index is 9.31. The van der Waals surface area contributed by atoms with Gasteiger partial charge >= 0.3 is 0 Å². The van der Waals surface area contributed by atoms with Gasteiger partial charge < -0.3 is 5.11 Å². The fourth-order valence-electron chi connectivity index (χ4n) is 0.798. The molecule has 0 aliphatic heterocycles. The zero-order chi connectivity index (χ0) is 9.84. The molecule has 0 unspecified atom stereocenters. The molecule has 0 amide bonds. The van der Waals surface area contributed by atoms with Gasteiger partial charge in [0, 0.05) is 6.20 Å². The zero-order valence-electron chi connectivity index (χ0n) is 6.44. The van der Waals surface area contributed by atoms with Crippen molar-refractivity contribution < 1.29 is 5.11 Å². The van der Waals surface area contributed by atoms with Crippen molar-refractivity contribution in [2.24, 2.45) is 0 Å². The summed E-state index contributed by atoms with van der Waals surface area (Å²) < 4.78 is 0. The van der Waals surface area contributed by atoms with Crippen LogP contribution in [0.5, 0.6) is 5.75 Å². The fourth-order valence-corrected chi connectivity index (χ4v) is 0.798. The van der Waals surface area contributed by atoms with Gasteiger partial charge in [0.15, 0.2) is 11.4 Å². The highest BCUT2D eigenvalue weighted by molar-refractivity contribution is 6.11. The monoisotopic (exact) mass is 172 g/mol. The third kappa shape index (κ3) is 1.44. The summed E-state index contributed by atoms with van der Waals surface area (Å²) in [4.78, 5) is 3.56. The van der Waals surface area contributed by atoms with E-state index in [2.05, 4.69) is 4.98 Å². The second-order valence-corrected chi connectivity index (χ2v) is 2.15. The van der Waals surface area contributed by atoms with Gasteiger partial charge in [0.25, 0.3) is 0 Å². The summed E-state index contributed by atoms with van der Waals surface area (Å²) in [5.74, 6) is -0.420. The normalized spacial score (nSPS) is 8.46. The lowest BCUT2D eigenvalue weighted by Crippen LogP contribution is -1.97. The second kappa shape index (κ2) is 3.33. The third-order valence-electron chi connectivity index (χ3n) is 1.41. The molecule has 2 N–H and O–H groups in total. The highest BCUT2D eigenvalue weighted by Crippen LogP contribution is 2.19. The van der Waals surface area contributed by atoms with Crippen molar-refractivity contribution in [3.63, 3.8) is 0 Å². The van der Waals surface area contributed by atoms with Crippen LogP contribution in [0.2, 0.25) is 0 Å². The van der Waals surface area contributed by atoms with Gasteiger partial charge in [-0.2, -0.15) is 10.5 Å². The lowest BCUT2D eigenvalue weighted by atomic mass is 10.1. The number of aromatic nitrogens is 1. The van der Waals surface area contributed by atoms with Crippen molar-refractivity contribution >= 4 is 5.71 Å². The van der Waals surface area contributed by atoms with E-state index in [0.29, 0.717) is 0 Å². The number of nitriles is 2. The number of nitrogens with one attached hydrogen (secondary N) is 1. The number of hydrogen-bond acceptors (Lipinski definition) is 5. The molecule has 0 bridgehead atoms. The summed E-state index contributed by atoms with van der Waals surface area (Å²) in [6.45, 7) is 0. The van der Waals surface area contributed by atoms with Crippen LogP contribution in [0.4, 0.5) is 0 Å². The Morgan fingerprint density at radius 3 is 2.77 bits per heavy atom. The largest absolute Gasteiger partial charge is 0.504 e. The van der Waals surface area contributed by atoms with E-state index in [-0.39, 0.29) is 11.3 Å². The quantitative estimate of drug-likeness (QED) is 0.603. The van der Waals surface area contributed by atoms with E-state index in [0.717, 1.165) is 0 Å². The maximum Gasteiger partial charge on any atom is 0.183 e. The first-order valence-corrected chi connectivity index (χ1v) is 3.27. The van der Waals surface area contributed by atoms with E-state index in [1.807, 2.05) is 0 Å². The molecule has 62 valence electrons. The molecular weight excluding hydrogens is 168 g/mol. The third-order valence-corrected chi connectivity index (χ3v) is 1.41. The summed E-state index contributed by atoms with van der Waals surface area (Å²) in [6.07, 6.45) is 1.26. The lowest BCUT2D eigenvalue weighted by molar-refractivity contribution is 0.469. The summed E-state index contributed by atoms with van der Waals surface area (Å²) >= 11 is 0. The minimum Gasteiger partial charge on any atom is -0.504 e. The van der Waals surface area contributed by atoms with Gasteiger partial charge in [-0.15, -0.1) is 0 Å². The number of hydrogen-bond donors (Lipinski definition) is 2. The van der Waals surface area contributed by atoms with Gasteiger partial charge in [-0.3, -0.25) is 5.41 Å². The van der Waals surface area contributed by atoms with Crippen molar-refractivity contribution in [2.45, 2.75) is 0 Å². The van der Waals surface area contributed by atoms with E-state index < -0.39 is 11.5 Å². The molecule has 0 aliphatic rings. The molecule has 0 radical (unpaired) electrons. The minimum absolute atomic E-state index is 0.0223. The molecule has 5 nitrogen and oxygen atoms in total. The summed E-state index contributed by atoms with van der Waals surface area (Å²) in [5.41, 5.74) is -0.553. The molecule has 5 heteroatoms. The van der Waals surface area contributed by atoms with Gasteiger partial charge in [-0.05, 0) is 6.07 Å². The first-order valence-electron chi connectivity index (χ1n) is 3.27. The lowest BCUT2D eigenvalue weighted by Gasteiger charge is -1.99. The second-order valence-electron chi connectivity index (χ2n) is 2.15. The van der Waals surface area contributed by atoms with Crippen LogP contribution in [0.3, 0.4) is 0 Å². The molecule has 1 heterocycles. The summed E-state index contributed by atoms with van der Waals surface area (Å²) in [6, 6.07) is 4.51. The predicted molar refractivity (Wildman–Crippen MR) is 43.1 cm³/mol. The van der Waals surface area contributed by atoms with Crippen molar-refractivity contribution in [1.29, 1.82) is 15.9 Å². The van der Waals surface area contributed by atoms with Crippen molar-refractivity contribution in [1.82, 2.24) is 4.98 Å². The van der Waals surface area contributed by atoms with Crippen molar-refractivity contribution in [3.8, 4) is 17.9 Å². The van der Waals surface area contributed by atoms with Crippen molar-refractivity contribution in [2.75, 3.05) is 0 Å². The molecule has 1 rings (SSSR count). The molecular formula is C8H4N4O. The average molecular weight is 172 g/mol. The van der Waals surface area contributed by atoms with Gasteiger partial charge in [-0.25, -0.2) is 4.98 Å². The fraction of sp³-hybridized carbons (Fsp3) is 0.